The monoisotopic (exact) mass is 550 g/mol. The fraction of sp³-hybridized carbons (Fsp3) is 0.929. The molecule has 0 saturated carbocycles. The number of carbonyl (C=O) groups is 2. The largest absolute Gasteiger partial charge is 0.469 e. The lowest BCUT2D eigenvalue weighted by Gasteiger charge is -2.18. The highest BCUT2D eigenvalue weighted by molar-refractivity contribution is 7.46. The average Bonchev–Trinajstić information content (AvgIpc) is 2.84. The van der Waals surface area contributed by atoms with E-state index in [9.17, 15) is 14.2 Å². The molecule has 2 N–H and O–H groups in total. The molecule has 8 nitrogen and oxygen atoms in total. The van der Waals surface area contributed by atoms with Crippen molar-refractivity contribution >= 4 is 19.8 Å². The lowest BCUT2D eigenvalue weighted by Crippen LogP contribution is -2.29. The molecule has 0 radical (unpaired) electrons. The summed E-state index contributed by atoms with van der Waals surface area (Å²) in [6, 6.07) is 0. The van der Waals surface area contributed by atoms with Crippen molar-refractivity contribution in [1.29, 1.82) is 0 Å². The minimum Gasteiger partial charge on any atom is -0.462 e. The highest BCUT2D eigenvalue weighted by atomic mass is 31.2. The van der Waals surface area contributed by atoms with Crippen molar-refractivity contribution in [2.75, 3.05) is 13.2 Å². The Kier molecular flexibility index (Phi) is 24.7. The predicted octanol–water partition coefficient (Wildman–Crippen LogP) is 7.78. The van der Waals surface area contributed by atoms with Crippen LogP contribution in [-0.4, -0.2) is 41.0 Å². The van der Waals surface area contributed by atoms with Crippen LogP contribution in [0.5, 0.6) is 0 Å². The maximum Gasteiger partial charge on any atom is 0.469 e. The average molecular weight is 551 g/mol. The van der Waals surface area contributed by atoms with E-state index in [2.05, 4.69) is 11.4 Å². The van der Waals surface area contributed by atoms with Gasteiger partial charge in [-0.15, -0.1) is 0 Å². The molecule has 37 heavy (non-hydrogen) atoms. The van der Waals surface area contributed by atoms with Crippen LogP contribution in [0.4, 0.5) is 0 Å². The first-order valence-corrected chi connectivity index (χ1v) is 16.4. The number of hydrogen-bond acceptors (Lipinski definition) is 6. The zero-order chi connectivity index (χ0) is 27.6. The van der Waals surface area contributed by atoms with E-state index in [0.29, 0.717) is 6.42 Å². The van der Waals surface area contributed by atoms with Crippen molar-refractivity contribution in [2.45, 2.75) is 155 Å². The Morgan fingerprint density at radius 3 is 1.43 bits per heavy atom. The third-order valence-electron chi connectivity index (χ3n) is 6.35. The standard InChI is InChI=1S/C28H55O8P/c1-3-5-6-7-8-9-10-11-12-13-14-15-16-17-18-19-20-21-23-27(29)34-24-26(25-35-37(31,32)33)36-28(30)22-4-2/h26H,3-25H2,1-2H3,(H2,31,32,33)/t26-/m1/s1. The Bertz CT molecular complexity index is 593. The van der Waals surface area contributed by atoms with Crippen molar-refractivity contribution < 1.29 is 37.9 Å². The van der Waals surface area contributed by atoms with Gasteiger partial charge in [0.05, 0.1) is 6.61 Å². The number of rotatable bonds is 27. The SMILES string of the molecule is CCCCCCCCCCCCCCCCCCCCC(=O)OC[C@H](COP(=O)(O)O)OC(=O)CCC. The van der Waals surface area contributed by atoms with Crippen LogP contribution in [0.2, 0.25) is 0 Å². The molecule has 220 valence electrons. The number of ether oxygens (including phenoxy) is 2. The molecule has 0 rings (SSSR count). The molecule has 0 spiro atoms. The van der Waals surface area contributed by atoms with Crippen molar-refractivity contribution in [3.63, 3.8) is 0 Å². The maximum absolute atomic E-state index is 12.0. The summed E-state index contributed by atoms with van der Waals surface area (Å²) in [5.41, 5.74) is 0. The van der Waals surface area contributed by atoms with Crippen LogP contribution in [0.15, 0.2) is 0 Å². The quantitative estimate of drug-likeness (QED) is 0.0604. The van der Waals surface area contributed by atoms with Gasteiger partial charge in [0.15, 0.2) is 6.10 Å². The molecular weight excluding hydrogens is 495 g/mol. The number of carbonyl (C=O) groups excluding carboxylic acids is 2. The second kappa shape index (κ2) is 25.3. The highest BCUT2D eigenvalue weighted by Crippen LogP contribution is 2.35. The van der Waals surface area contributed by atoms with E-state index in [1.807, 2.05) is 6.92 Å². The van der Waals surface area contributed by atoms with Gasteiger partial charge < -0.3 is 19.3 Å². The van der Waals surface area contributed by atoms with Crippen molar-refractivity contribution in [3.8, 4) is 0 Å². The highest BCUT2D eigenvalue weighted by Gasteiger charge is 2.22. The molecular formula is C28H55O8P. The van der Waals surface area contributed by atoms with Crippen LogP contribution in [0.25, 0.3) is 0 Å². The first-order valence-electron chi connectivity index (χ1n) is 14.8. The normalized spacial score (nSPS) is 12.4. The van der Waals surface area contributed by atoms with E-state index in [1.165, 1.54) is 96.3 Å². The zero-order valence-electron chi connectivity index (χ0n) is 23.6. The fourth-order valence-corrected chi connectivity index (χ4v) is 4.53. The van der Waals surface area contributed by atoms with Crippen LogP contribution in [-0.2, 0) is 28.2 Å². The Morgan fingerprint density at radius 2 is 1.03 bits per heavy atom. The van der Waals surface area contributed by atoms with Crippen LogP contribution >= 0.6 is 7.82 Å². The van der Waals surface area contributed by atoms with Crippen molar-refractivity contribution in [3.05, 3.63) is 0 Å². The Hall–Kier alpha value is -0.950. The zero-order valence-corrected chi connectivity index (χ0v) is 24.5. The molecule has 0 aliphatic heterocycles. The Labute approximate surface area is 225 Å². The summed E-state index contributed by atoms with van der Waals surface area (Å²) in [7, 11) is -4.71. The first kappa shape index (κ1) is 36.0. The van der Waals surface area contributed by atoms with Crippen LogP contribution < -0.4 is 0 Å². The molecule has 0 unspecified atom stereocenters. The fourth-order valence-electron chi connectivity index (χ4n) is 4.17. The summed E-state index contributed by atoms with van der Waals surface area (Å²) in [4.78, 5) is 41.3. The summed E-state index contributed by atoms with van der Waals surface area (Å²) < 4.78 is 25.5. The molecule has 0 saturated heterocycles. The number of hydrogen-bond donors (Lipinski definition) is 2. The summed E-state index contributed by atoms with van der Waals surface area (Å²) in [6.45, 7) is 3.25. The Balaban J connectivity index is 3.63. The van der Waals surface area contributed by atoms with Crippen LogP contribution in [0.1, 0.15) is 149 Å². The Morgan fingerprint density at radius 1 is 0.595 bits per heavy atom. The van der Waals surface area contributed by atoms with E-state index in [4.69, 9.17) is 19.3 Å². The summed E-state index contributed by atoms with van der Waals surface area (Å²) in [5.74, 6) is -0.939. The third kappa shape index (κ3) is 27.9. The van der Waals surface area contributed by atoms with Crippen molar-refractivity contribution in [2.24, 2.45) is 0 Å². The number of esters is 2. The van der Waals surface area contributed by atoms with E-state index in [0.717, 1.165) is 19.3 Å². The summed E-state index contributed by atoms with van der Waals surface area (Å²) in [6.07, 6.45) is 23.0. The van der Waals surface area contributed by atoms with Gasteiger partial charge in [-0.25, -0.2) is 4.57 Å². The van der Waals surface area contributed by atoms with Gasteiger partial charge in [-0.3, -0.25) is 14.1 Å². The lowest BCUT2D eigenvalue weighted by atomic mass is 10.0. The molecule has 0 bridgehead atoms. The van der Waals surface area contributed by atoms with Gasteiger partial charge in [-0.2, -0.15) is 0 Å². The number of phosphoric ester groups is 1. The topological polar surface area (TPSA) is 119 Å². The maximum atomic E-state index is 12.0. The van der Waals surface area contributed by atoms with Gasteiger partial charge in [0.2, 0.25) is 0 Å². The number of phosphoric acid groups is 1. The van der Waals surface area contributed by atoms with Gasteiger partial charge in [0, 0.05) is 12.8 Å². The van der Waals surface area contributed by atoms with E-state index in [1.54, 1.807) is 0 Å². The summed E-state index contributed by atoms with van der Waals surface area (Å²) >= 11 is 0. The van der Waals surface area contributed by atoms with Gasteiger partial charge in [0.1, 0.15) is 6.61 Å². The minimum atomic E-state index is -4.71. The molecule has 0 fully saturated rings. The van der Waals surface area contributed by atoms with Gasteiger partial charge in [-0.1, -0.05) is 123 Å². The van der Waals surface area contributed by atoms with Crippen LogP contribution in [0, 0.1) is 0 Å². The van der Waals surface area contributed by atoms with E-state index >= 15 is 0 Å². The molecule has 0 aliphatic carbocycles. The third-order valence-corrected chi connectivity index (χ3v) is 6.83. The van der Waals surface area contributed by atoms with Gasteiger partial charge in [-0.05, 0) is 12.8 Å². The first-order chi connectivity index (χ1) is 17.8. The number of unbranched alkanes of at least 4 members (excludes halogenated alkanes) is 17. The van der Waals surface area contributed by atoms with Crippen LogP contribution in [0.3, 0.4) is 0 Å². The smallest absolute Gasteiger partial charge is 0.462 e. The molecule has 0 amide bonds. The van der Waals surface area contributed by atoms with Crippen molar-refractivity contribution in [1.82, 2.24) is 0 Å². The second-order valence-electron chi connectivity index (χ2n) is 10.1. The molecule has 0 heterocycles. The molecule has 0 aromatic carbocycles. The van der Waals surface area contributed by atoms with Gasteiger partial charge in [0.25, 0.3) is 0 Å². The second-order valence-corrected chi connectivity index (χ2v) is 11.3. The minimum absolute atomic E-state index is 0.166. The molecule has 0 aromatic rings. The molecule has 9 heteroatoms. The molecule has 0 aliphatic rings. The summed E-state index contributed by atoms with van der Waals surface area (Å²) in [5, 5.41) is 0. The van der Waals surface area contributed by atoms with E-state index < -0.39 is 32.5 Å². The lowest BCUT2D eigenvalue weighted by molar-refractivity contribution is -0.161. The molecule has 1 atom stereocenters. The van der Waals surface area contributed by atoms with E-state index in [-0.39, 0.29) is 19.4 Å². The van der Waals surface area contributed by atoms with Gasteiger partial charge >= 0.3 is 19.8 Å². The predicted molar refractivity (Wildman–Crippen MR) is 147 cm³/mol. The molecule has 0 aromatic heterocycles.